The molecule has 9 heteroatoms. The number of aromatic nitrogens is 1. The molecule has 0 saturated carbocycles. The molecule has 164 valence electrons. The molecule has 0 aliphatic carbocycles. The lowest BCUT2D eigenvalue weighted by atomic mass is 10.2. The highest BCUT2D eigenvalue weighted by molar-refractivity contribution is 14.0. The number of methoxy groups -OCH3 is 3. The highest BCUT2D eigenvalue weighted by Crippen LogP contribution is 2.30. The first-order valence-corrected chi connectivity index (χ1v) is 9.59. The second-order valence-corrected chi connectivity index (χ2v) is 6.78. The molecule has 0 spiro atoms. The molecule has 2 aromatic rings. The molecule has 1 atom stereocenters. The van der Waals surface area contributed by atoms with Gasteiger partial charge in [-0.2, -0.15) is 0 Å². The van der Waals surface area contributed by atoms with E-state index in [0.29, 0.717) is 18.5 Å². The second-order valence-electron chi connectivity index (χ2n) is 6.78. The number of aliphatic imine (C=N–C) groups is 1. The quantitative estimate of drug-likeness (QED) is 0.326. The lowest BCUT2D eigenvalue weighted by Gasteiger charge is -2.21. The van der Waals surface area contributed by atoms with Crippen molar-refractivity contribution in [3.63, 3.8) is 0 Å². The van der Waals surface area contributed by atoms with E-state index in [9.17, 15) is 0 Å². The Morgan fingerprint density at radius 3 is 2.50 bits per heavy atom. The molecule has 1 fully saturated rings. The van der Waals surface area contributed by atoms with Gasteiger partial charge < -0.3 is 29.7 Å². The van der Waals surface area contributed by atoms with Crippen LogP contribution in [0.2, 0.25) is 0 Å². The van der Waals surface area contributed by atoms with Crippen LogP contribution in [-0.2, 0) is 6.54 Å². The molecule has 8 nitrogen and oxygen atoms in total. The molecular formula is C21H30IN5O3. The fourth-order valence-corrected chi connectivity index (χ4v) is 3.33. The smallest absolute Gasteiger partial charge is 0.213 e. The van der Waals surface area contributed by atoms with Gasteiger partial charge in [-0.3, -0.25) is 4.99 Å². The van der Waals surface area contributed by atoms with Gasteiger partial charge in [-0.15, -0.1) is 24.0 Å². The van der Waals surface area contributed by atoms with Crippen molar-refractivity contribution in [1.29, 1.82) is 0 Å². The monoisotopic (exact) mass is 527 g/mol. The van der Waals surface area contributed by atoms with Gasteiger partial charge in [0, 0.05) is 68.9 Å². The normalized spacial score (nSPS) is 15.9. The zero-order valence-electron chi connectivity index (χ0n) is 17.8. The Balaban J connectivity index is 0.00000320. The van der Waals surface area contributed by atoms with Gasteiger partial charge in [-0.25, -0.2) is 4.98 Å². The van der Waals surface area contributed by atoms with Gasteiger partial charge >= 0.3 is 0 Å². The predicted molar refractivity (Wildman–Crippen MR) is 130 cm³/mol. The van der Waals surface area contributed by atoms with Crippen LogP contribution in [-0.4, -0.2) is 58.5 Å². The lowest BCUT2D eigenvalue weighted by molar-refractivity contribution is 0.394. The molecule has 1 unspecified atom stereocenters. The van der Waals surface area contributed by atoms with Crippen LogP contribution in [0.25, 0.3) is 0 Å². The van der Waals surface area contributed by atoms with Crippen molar-refractivity contribution in [1.82, 2.24) is 15.6 Å². The van der Waals surface area contributed by atoms with Crippen LogP contribution >= 0.6 is 24.0 Å². The molecule has 1 saturated heterocycles. The van der Waals surface area contributed by atoms with E-state index in [1.165, 1.54) is 0 Å². The number of pyridine rings is 1. The summed E-state index contributed by atoms with van der Waals surface area (Å²) in [4.78, 5) is 10.8. The number of rotatable bonds is 7. The summed E-state index contributed by atoms with van der Waals surface area (Å²) < 4.78 is 16.0. The standard InChI is InChI=1S/C21H29N5O3.HI/c1-22-21(24-13-15-5-7-23-20(9-15)29-4)25-16-6-8-26(14-16)17-10-18(27-2)12-19(11-17)28-3;/h5,7,9-12,16H,6,8,13-14H2,1-4H3,(H2,22,24,25);1H. The van der Waals surface area contributed by atoms with Crippen LogP contribution in [0, 0.1) is 0 Å². The Hall–Kier alpha value is -2.43. The number of guanidine groups is 1. The van der Waals surface area contributed by atoms with Crippen molar-refractivity contribution in [3.05, 3.63) is 42.1 Å². The average molecular weight is 527 g/mol. The van der Waals surface area contributed by atoms with E-state index in [4.69, 9.17) is 14.2 Å². The Bertz CT molecular complexity index is 827. The van der Waals surface area contributed by atoms with E-state index in [-0.39, 0.29) is 24.0 Å². The van der Waals surface area contributed by atoms with Crippen molar-refractivity contribution in [2.24, 2.45) is 4.99 Å². The second kappa shape index (κ2) is 11.7. The van der Waals surface area contributed by atoms with Gasteiger partial charge in [0.25, 0.3) is 0 Å². The summed E-state index contributed by atoms with van der Waals surface area (Å²) in [5.41, 5.74) is 2.17. The fourth-order valence-electron chi connectivity index (χ4n) is 3.33. The Morgan fingerprint density at radius 1 is 1.13 bits per heavy atom. The van der Waals surface area contributed by atoms with E-state index >= 15 is 0 Å². The minimum absolute atomic E-state index is 0. The summed E-state index contributed by atoms with van der Waals surface area (Å²) in [6, 6.07) is 10.1. The SMILES string of the molecule is CN=C(NCc1ccnc(OC)c1)NC1CCN(c2cc(OC)cc(OC)c2)C1.I. The van der Waals surface area contributed by atoms with E-state index < -0.39 is 0 Å². The first-order valence-electron chi connectivity index (χ1n) is 9.59. The molecule has 3 rings (SSSR count). The average Bonchev–Trinajstić information content (AvgIpc) is 3.24. The van der Waals surface area contributed by atoms with Gasteiger partial charge in [0.2, 0.25) is 5.88 Å². The lowest BCUT2D eigenvalue weighted by Crippen LogP contribution is -2.44. The number of benzene rings is 1. The Morgan fingerprint density at radius 2 is 1.87 bits per heavy atom. The first kappa shape index (κ1) is 23.8. The third kappa shape index (κ3) is 6.28. The highest BCUT2D eigenvalue weighted by Gasteiger charge is 2.24. The number of ether oxygens (including phenoxy) is 3. The maximum absolute atomic E-state index is 5.39. The molecule has 1 aliphatic heterocycles. The van der Waals surface area contributed by atoms with Crippen LogP contribution in [0.4, 0.5) is 5.69 Å². The molecule has 1 aromatic heterocycles. The summed E-state index contributed by atoms with van der Waals surface area (Å²) in [7, 11) is 6.73. The molecule has 0 radical (unpaired) electrons. The van der Waals surface area contributed by atoms with Crippen LogP contribution in [0.15, 0.2) is 41.5 Å². The minimum atomic E-state index is 0. The minimum Gasteiger partial charge on any atom is -0.497 e. The Labute approximate surface area is 195 Å². The van der Waals surface area contributed by atoms with Gasteiger partial charge in [0.05, 0.1) is 21.3 Å². The van der Waals surface area contributed by atoms with Crippen LogP contribution in [0.5, 0.6) is 17.4 Å². The van der Waals surface area contributed by atoms with Crippen LogP contribution < -0.4 is 29.7 Å². The number of hydrogen-bond acceptors (Lipinski definition) is 6. The zero-order valence-corrected chi connectivity index (χ0v) is 20.2. The molecule has 1 aliphatic rings. The number of nitrogens with zero attached hydrogens (tertiary/aromatic N) is 3. The number of hydrogen-bond donors (Lipinski definition) is 2. The summed E-state index contributed by atoms with van der Waals surface area (Å²) in [5.74, 6) is 2.96. The van der Waals surface area contributed by atoms with Gasteiger partial charge in [0.15, 0.2) is 5.96 Å². The van der Waals surface area contributed by atoms with Crippen molar-refractivity contribution in [2.75, 3.05) is 46.4 Å². The summed E-state index contributed by atoms with van der Waals surface area (Å²) in [6.45, 7) is 2.47. The van der Waals surface area contributed by atoms with Crippen molar-refractivity contribution >= 4 is 35.6 Å². The van der Waals surface area contributed by atoms with Crippen molar-refractivity contribution < 1.29 is 14.2 Å². The van der Waals surface area contributed by atoms with Crippen molar-refractivity contribution in [3.8, 4) is 17.4 Å². The molecule has 1 aromatic carbocycles. The van der Waals surface area contributed by atoms with E-state index in [1.54, 1.807) is 34.6 Å². The summed E-state index contributed by atoms with van der Waals surface area (Å²) in [5, 5.41) is 6.86. The molecule has 0 amide bonds. The summed E-state index contributed by atoms with van der Waals surface area (Å²) in [6.07, 6.45) is 2.76. The molecule has 2 heterocycles. The number of nitrogens with one attached hydrogen (secondary N) is 2. The first-order chi connectivity index (χ1) is 14.1. The molecule has 0 bridgehead atoms. The van der Waals surface area contributed by atoms with E-state index in [2.05, 4.69) is 25.5 Å². The maximum atomic E-state index is 5.39. The third-order valence-corrected chi connectivity index (χ3v) is 4.92. The van der Waals surface area contributed by atoms with Crippen LogP contribution in [0.3, 0.4) is 0 Å². The Kier molecular flexibility index (Phi) is 9.28. The number of halogens is 1. The van der Waals surface area contributed by atoms with Gasteiger partial charge in [-0.05, 0) is 18.1 Å². The molecule has 30 heavy (non-hydrogen) atoms. The van der Waals surface area contributed by atoms with E-state index in [0.717, 1.165) is 48.2 Å². The third-order valence-electron chi connectivity index (χ3n) is 4.92. The van der Waals surface area contributed by atoms with Gasteiger partial charge in [-0.1, -0.05) is 0 Å². The zero-order chi connectivity index (χ0) is 20.6. The van der Waals surface area contributed by atoms with E-state index in [1.807, 2.05) is 30.3 Å². The van der Waals surface area contributed by atoms with Crippen LogP contribution in [0.1, 0.15) is 12.0 Å². The van der Waals surface area contributed by atoms with Crippen molar-refractivity contribution in [2.45, 2.75) is 19.0 Å². The largest absolute Gasteiger partial charge is 0.497 e. The highest BCUT2D eigenvalue weighted by atomic mass is 127. The fraction of sp³-hybridized carbons (Fsp3) is 0.429. The summed E-state index contributed by atoms with van der Waals surface area (Å²) >= 11 is 0. The number of anilines is 1. The topological polar surface area (TPSA) is 80.2 Å². The molecular weight excluding hydrogens is 497 g/mol. The predicted octanol–water partition coefficient (Wildman–Crippen LogP) is 2.67. The molecule has 2 N–H and O–H groups in total. The van der Waals surface area contributed by atoms with Gasteiger partial charge in [0.1, 0.15) is 11.5 Å². The maximum Gasteiger partial charge on any atom is 0.213 e.